The molecule has 0 aliphatic carbocycles. The zero-order valence-corrected chi connectivity index (χ0v) is 13.1. The lowest BCUT2D eigenvalue weighted by Crippen LogP contribution is -2.22. The normalized spacial score (nSPS) is 10.9. The van der Waals surface area contributed by atoms with Gasteiger partial charge in [0, 0.05) is 0 Å². The number of halogens is 2. The van der Waals surface area contributed by atoms with Gasteiger partial charge in [-0.15, -0.1) is 0 Å². The lowest BCUT2D eigenvalue weighted by atomic mass is 10.2. The first-order chi connectivity index (χ1) is 11.6. The minimum Gasteiger partial charge on any atom is -0.275 e. The van der Waals surface area contributed by atoms with E-state index in [9.17, 15) is 9.18 Å². The molecule has 0 fully saturated rings. The molecule has 5 nitrogen and oxygen atoms in total. The second-order valence-electron chi connectivity index (χ2n) is 4.85. The number of hydrazone groups is 1. The molecule has 0 radical (unpaired) electrons. The molecule has 24 heavy (non-hydrogen) atoms. The van der Waals surface area contributed by atoms with Crippen LogP contribution in [0.25, 0.3) is 5.69 Å². The Hall–Kier alpha value is -2.99. The van der Waals surface area contributed by atoms with Gasteiger partial charge in [-0.25, -0.2) is 4.39 Å². The van der Waals surface area contributed by atoms with Crippen LogP contribution in [0.15, 0.2) is 70.7 Å². The van der Waals surface area contributed by atoms with Crippen molar-refractivity contribution in [1.82, 2.24) is 9.78 Å². The van der Waals surface area contributed by atoms with Crippen molar-refractivity contribution in [3.05, 3.63) is 87.6 Å². The molecule has 0 aliphatic rings. The molecule has 2 aromatic carbocycles. The predicted octanol–water partition coefficient (Wildman–Crippen LogP) is 3.47. The highest BCUT2D eigenvalue weighted by atomic mass is 35.5. The van der Waals surface area contributed by atoms with E-state index in [-0.39, 0.29) is 16.5 Å². The van der Waals surface area contributed by atoms with Crippen LogP contribution < -0.4 is 11.0 Å². The van der Waals surface area contributed by atoms with Crippen molar-refractivity contribution in [1.29, 1.82) is 0 Å². The van der Waals surface area contributed by atoms with Crippen LogP contribution in [0.5, 0.6) is 0 Å². The van der Waals surface area contributed by atoms with Gasteiger partial charge < -0.3 is 0 Å². The minimum atomic E-state index is -0.454. The molecule has 0 spiro atoms. The standard InChI is InChI=1S/C17H12ClFN4O/c18-16-15(22-20-10-12-6-8-13(19)9-7-12)11-21-23(17(16)24)14-4-2-1-3-5-14/h1-11,22H. The van der Waals surface area contributed by atoms with Gasteiger partial charge in [-0.2, -0.15) is 14.9 Å². The molecule has 0 amide bonds. The molecule has 0 atom stereocenters. The van der Waals surface area contributed by atoms with Gasteiger partial charge in [-0.05, 0) is 29.8 Å². The number of aromatic nitrogens is 2. The van der Waals surface area contributed by atoms with E-state index in [0.717, 1.165) is 0 Å². The van der Waals surface area contributed by atoms with E-state index in [1.54, 1.807) is 36.4 Å². The van der Waals surface area contributed by atoms with Gasteiger partial charge in [0.1, 0.15) is 16.5 Å². The molecule has 1 heterocycles. The molecule has 3 rings (SSSR count). The Balaban J connectivity index is 1.81. The van der Waals surface area contributed by atoms with E-state index in [1.807, 2.05) is 6.07 Å². The highest BCUT2D eigenvalue weighted by molar-refractivity contribution is 6.32. The number of nitrogens with one attached hydrogen (secondary N) is 1. The minimum absolute atomic E-state index is 0.0230. The van der Waals surface area contributed by atoms with E-state index >= 15 is 0 Å². The average molecular weight is 343 g/mol. The highest BCUT2D eigenvalue weighted by Crippen LogP contribution is 2.16. The van der Waals surface area contributed by atoms with Gasteiger partial charge in [0.15, 0.2) is 0 Å². The molecule has 3 aromatic rings. The topological polar surface area (TPSA) is 59.3 Å². The van der Waals surface area contributed by atoms with E-state index in [4.69, 9.17) is 11.6 Å². The first-order valence-corrected chi connectivity index (χ1v) is 7.41. The Morgan fingerprint density at radius 3 is 2.54 bits per heavy atom. The molecule has 1 N–H and O–H groups in total. The smallest absolute Gasteiger partial charge is 0.275 e. The summed E-state index contributed by atoms with van der Waals surface area (Å²) in [5, 5.41) is 8.03. The van der Waals surface area contributed by atoms with Crippen molar-refractivity contribution in [2.45, 2.75) is 0 Å². The SMILES string of the molecule is O=c1c(Cl)c(NN=Cc2ccc(F)cc2)cnn1-c1ccccc1. The van der Waals surface area contributed by atoms with Crippen molar-refractivity contribution in [3.63, 3.8) is 0 Å². The fourth-order valence-electron chi connectivity index (χ4n) is 1.99. The van der Waals surface area contributed by atoms with Crippen LogP contribution in [-0.2, 0) is 0 Å². The Bertz CT molecular complexity index is 924. The lowest BCUT2D eigenvalue weighted by molar-refractivity contribution is 0.628. The predicted molar refractivity (Wildman–Crippen MR) is 92.5 cm³/mol. The van der Waals surface area contributed by atoms with Crippen molar-refractivity contribution in [2.24, 2.45) is 5.10 Å². The maximum atomic E-state index is 12.8. The second-order valence-corrected chi connectivity index (χ2v) is 5.22. The van der Waals surface area contributed by atoms with Crippen LogP contribution in [0.1, 0.15) is 5.56 Å². The van der Waals surface area contributed by atoms with Crippen molar-refractivity contribution in [3.8, 4) is 5.69 Å². The third-order valence-corrected chi connectivity index (χ3v) is 3.55. The first kappa shape index (κ1) is 15.9. The molecular weight excluding hydrogens is 331 g/mol. The summed E-state index contributed by atoms with van der Waals surface area (Å²) in [5.74, 6) is -0.322. The Morgan fingerprint density at radius 1 is 1.12 bits per heavy atom. The van der Waals surface area contributed by atoms with Crippen LogP contribution in [0.3, 0.4) is 0 Å². The quantitative estimate of drug-likeness (QED) is 0.583. The summed E-state index contributed by atoms with van der Waals surface area (Å²) < 4.78 is 14.0. The maximum Gasteiger partial charge on any atom is 0.292 e. The van der Waals surface area contributed by atoms with Crippen LogP contribution in [0.2, 0.25) is 5.02 Å². The summed E-state index contributed by atoms with van der Waals surface area (Å²) in [6.45, 7) is 0. The van der Waals surface area contributed by atoms with Gasteiger partial charge in [0.25, 0.3) is 5.56 Å². The first-order valence-electron chi connectivity index (χ1n) is 7.03. The van der Waals surface area contributed by atoms with Crippen molar-refractivity contribution >= 4 is 23.5 Å². The second kappa shape index (κ2) is 7.06. The van der Waals surface area contributed by atoms with Gasteiger partial charge >= 0.3 is 0 Å². The number of anilines is 1. The number of hydrogen-bond acceptors (Lipinski definition) is 4. The molecule has 0 aliphatic heterocycles. The van der Waals surface area contributed by atoms with Gasteiger partial charge in [-0.1, -0.05) is 41.9 Å². The van der Waals surface area contributed by atoms with Crippen LogP contribution >= 0.6 is 11.6 Å². The average Bonchev–Trinajstić information content (AvgIpc) is 2.61. The molecular formula is C17H12ClFN4O. The largest absolute Gasteiger partial charge is 0.292 e. The van der Waals surface area contributed by atoms with Crippen LogP contribution in [0.4, 0.5) is 10.1 Å². The summed E-state index contributed by atoms with van der Waals surface area (Å²) >= 11 is 6.09. The number of para-hydroxylation sites is 1. The van der Waals surface area contributed by atoms with Gasteiger partial charge in [-0.3, -0.25) is 10.2 Å². The summed E-state index contributed by atoms with van der Waals surface area (Å²) in [6.07, 6.45) is 2.90. The third kappa shape index (κ3) is 3.49. The van der Waals surface area contributed by atoms with Gasteiger partial charge in [0.05, 0.1) is 18.1 Å². The molecule has 0 unspecified atom stereocenters. The zero-order chi connectivity index (χ0) is 16.9. The van der Waals surface area contributed by atoms with E-state index in [0.29, 0.717) is 11.3 Å². The summed E-state index contributed by atoms with van der Waals surface area (Å²) in [7, 11) is 0. The fourth-order valence-corrected chi connectivity index (χ4v) is 2.16. The monoisotopic (exact) mass is 342 g/mol. The Labute approximate surface area is 142 Å². The highest BCUT2D eigenvalue weighted by Gasteiger charge is 2.09. The van der Waals surface area contributed by atoms with E-state index in [1.165, 1.54) is 29.2 Å². The molecule has 7 heteroatoms. The third-order valence-electron chi connectivity index (χ3n) is 3.19. The summed E-state index contributed by atoms with van der Waals surface area (Å²) in [6, 6.07) is 14.8. The number of nitrogens with zero attached hydrogens (tertiary/aromatic N) is 3. The number of rotatable bonds is 4. The molecule has 0 saturated carbocycles. The van der Waals surface area contributed by atoms with E-state index < -0.39 is 5.56 Å². The zero-order valence-electron chi connectivity index (χ0n) is 12.4. The maximum absolute atomic E-state index is 12.8. The van der Waals surface area contributed by atoms with Crippen LogP contribution in [0, 0.1) is 5.82 Å². The molecule has 0 bridgehead atoms. The van der Waals surface area contributed by atoms with Crippen molar-refractivity contribution < 1.29 is 4.39 Å². The van der Waals surface area contributed by atoms with E-state index in [2.05, 4.69) is 15.6 Å². The summed E-state index contributed by atoms with van der Waals surface area (Å²) in [5.41, 5.74) is 3.81. The number of benzene rings is 2. The Kier molecular flexibility index (Phi) is 4.67. The van der Waals surface area contributed by atoms with Crippen molar-refractivity contribution in [2.75, 3.05) is 5.43 Å². The Morgan fingerprint density at radius 2 is 1.83 bits per heavy atom. The number of hydrogen-bond donors (Lipinski definition) is 1. The summed E-state index contributed by atoms with van der Waals surface area (Å²) in [4.78, 5) is 12.3. The lowest BCUT2D eigenvalue weighted by Gasteiger charge is -2.07. The molecule has 0 saturated heterocycles. The fraction of sp³-hybridized carbons (Fsp3) is 0. The molecule has 120 valence electrons. The van der Waals surface area contributed by atoms with Crippen LogP contribution in [-0.4, -0.2) is 16.0 Å². The molecule has 1 aromatic heterocycles. The van der Waals surface area contributed by atoms with Gasteiger partial charge in [0.2, 0.25) is 0 Å².